The van der Waals surface area contributed by atoms with E-state index >= 15 is 0 Å². The Morgan fingerprint density at radius 3 is 2.12 bits per heavy atom. The Bertz CT molecular complexity index is 3090. The molecule has 0 N–H and O–H groups in total. The van der Waals surface area contributed by atoms with Crippen molar-refractivity contribution >= 4 is 77.3 Å². The van der Waals surface area contributed by atoms with Crippen LogP contribution in [0.15, 0.2) is 216 Å². The number of para-hydroxylation sites is 2. The molecule has 2 aromatic heterocycles. The van der Waals surface area contributed by atoms with E-state index in [-0.39, 0.29) is 0 Å². The van der Waals surface area contributed by atoms with Gasteiger partial charge < -0.3 is 4.57 Å². The van der Waals surface area contributed by atoms with E-state index in [1.54, 1.807) is 6.08 Å². The zero-order valence-electron chi connectivity index (χ0n) is 32.0. The van der Waals surface area contributed by atoms with Gasteiger partial charge in [-0.05, 0) is 77.9 Å². The molecule has 0 aliphatic rings. The summed E-state index contributed by atoms with van der Waals surface area (Å²) in [5.74, 6) is 1.08. The topological polar surface area (TPSA) is 42.0 Å². The highest BCUT2D eigenvalue weighted by molar-refractivity contribution is 7.25. The molecule has 0 amide bonds. The van der Waals surface area contributed by atoms with Crippen molar-refractivity contribution in [1.82, 2.24) is 4.57 Å². The molecule has 0 aliphatic heterocycles. The van der Waals surface area contributed by atoms with Crippen molar-refractivity contribution in [2.75, 3.05) is 0 Å². The van der Waals surface area contributed by atoms with Crippen LogP contribution in [0.5, 0.6) is 0 Å². The number of fused-ring (bicyclic) bond motifs is 6. The van der Waals surface area contributed by atoms with Gasteiger partial charge in [0.2, 0.25) is 0 Å². The summed E-state index contributed by atoms with van der Waals surface area (Å²) in [5, 5.41) is 4.85. The number of aromatic nitrogens is 1. The maximum atomic E-state index is 5.34. The van der Waals surface area contributed by atoms with Gasteiger partial charge >= 0.3 is 0 Å². The molecule has 0 aliphatic carbocycles. The third kappa shape index (κ3) is 7.27. The molecule has 0 fully saturated rings. The van der Waals surface area contributed by atoms with Crippen molar-refractivity contribution in [3.63, 3.8) is 0 Å². The first-order chi connectivity index (χ1) is 28.7. The molecule has 0 unspecified atom stereocenters. The molecule has 2 heterocycles. The minimum Gasteiger partial charge on any atom is -0.309 e. The predicted octanol–water partition coefficient (Wildman–Crippen LogP) is 13.6. The molecular weight excluding hydrogens is 725 g/mol. The average molecular weight is 765 g/mol. The van der Waals surface area contributed by atoms with Crippen molar-refractivity contribution in [2.45, 2.75) is 13.0 Å². The number of nitrogens with zero attached hydrogens (tertiary/aromatic N) is 4. The molecule has 0 spiro atoms. The number of rotatable bonds is 10. The molecule has 0 atom stereocenters. The lowest BCUT2D eigenvalue weighted by Gasteiger charge is -2.11. The van der Waals surface area contributed by atoms with E-state index in [9.17, 15) is 0 Å². The largest absolute Gasteiger partial charge is 0.309 e. The molecule has 9 rings (SSSR count). The maximum absolute atomic E-state index is 5.34. The Morgan fingerprint density at radius 2 is 1.29 bits per heavy atom. The van der Waals surface area contributed by atoms with Crippen LogP contribution in [0, 0.1) is 0 Å². The van der Waals surface area contributed by atoms with Gasteiger partial charge in [-0.3, -0.25) is 4.99 Å². The summed E-state index contributed by atoms with van der Waals surface area (Å²) in [5.41, 5.74) is 9.59. The fourth-order valence-electron chi connectivity index (χ4n) is 7.72. The van der Waals surface area contributed by atoms with Crippen LogP contribution in [-0.4, -0.2) is 23.0 Å². The lowest BCUT2D eigenvalue weighted by molar-refractivity contribution is 1.08. The maximum Gasteiger partial charge on any atom is 0.161 e. The van der Waals surface area contributed by atoms with Crippen molar-refractivity contribution in [3.05, 3.63) is 229 Å². The van der Waals surface area contributed by atoms with Crippen LogP contribution in [-0.2, 0) is 13.0 Å². The van der Waals surface area contributed by atoms with E-state index in [2.05, 4.69) is 187 Å². The highest BCUT2D eigenvalue weighted by Gasteiger charge is 2.16. The number of hydrogen-bond acceptors (Lipinski definition) is 2. The Labute approximate surface area is 342 Å². The first kappa shape index (κ1) is 36.4. The molecular formula is C53H40N4S. The smallest absolute Gasteiger partial charge is 0.161 e. The lowest BCUT2D eigenvalue weighted by Crippen LogP contribution is -2.06. The summed E-state index contributed by atoms with van der Waals surface area (Å²) in [6.07, 6.45) is 8.91. The van der Waals surface area contributed by atoms with E-state index in [1.165, 1.54) is 36.5 Å². The minimum atomic E-state index is 0.444. The van der Waals surface area contributed by atoms with Crippen LogP contribution >= 0.6 is 11.3 Å². The summed E-state index contributed by atoms with van der Waals surface area (Å²) in [6, 6.07) is 59.5. The van der Waals surface area contributed by atoms with Crippen molar-refractivity contribution in [2.24, 2.45) is 15.0 Å². The van der Waals surface area contributed by atoms with Gasteiger partial charge in [0.25, 0.3) is 0 Å². The Kier molecular flexibility index (Phi) is 10.4. The second kappa shape index (κ2) is 16.5. The third-order valence-electron chi connectivity index (χ3n) is 10.5. The van der Waals surface area contributed by atoms with E-state index in [0.29, 0.717) is 18.2 Å². The molecule has 0 bridgehead atoms. The normalized spacial score (nSPS) is 12.7. The first-order valence-electron chi connectivity index (χ1n) is 19.4. The van der Waals surface area contributed by atoms with Crippen LogP contribution < -0.4 is 0 Å². The lowest BCUT2D eigenvalue weighted by atomic mass is 9.99. The molecule has 0 saturated carbocycles. The van der Waals surface area contributed by atoms with Gasteiger partial charge in [-0.2, -0.15) is 0 Å². The number of hydrogen-bond donors (Lipinski definition) is 0. The van der Waals surface area contributed by atoms with Gasteiger partial charge in [0.15, 0.2) is 11.7 Å². The number of aliphatic imine (C=N–C) groups is 3. The molecule has 278 valence electrons. The van der Waals surface area contributed by atoms with Crippen LogP contribution in [0.2, 0.25) is 0 Å². The zero-order valence-corrected chi connectivity index (χ0v) is 32.8. The molecule has 0 saturated heterocycles. The quantitative estimate of drug-likeness (QED) is 0.0756. The van der Waals surface area contributed by atoms with Crippen molar-refractivity contribution in [1.29, 1.82) is 0 Å². The zero-order chi connectivity index (χ0) is 39.3. The van der Waals surface area contributed by atoms with Crippen LogP contribution in [0.25, 0.3) is 53.2 Å². The molecule has 9 aromatic rings. The van der Waals surface area contributed by atoms with Crippen molar-refractivity contribution in [3.8, 4) is 5.69 Å². The Morgan fingerprint density at radius 1 is 0.603 bits per heavy atom. The van der Waals surface area contributed by atoms with Gasteiger partial charge in [-0.15, -0.1) is 11.3 Å². The van der Waals surface area contributed by atoms with E-state index in [1.807, 2.05) is 35.6 Å². The Balaban J connectivity index is 1.20. The van der Waals surface area contributed by atoms with E-state index in [4.69, 9.17) is 9.98 Å². The fourth-order valence-corrected chi connectivity index (χ4v) is 8.87. The third-order valence-corrected chi connectivity index (χ3v) is 11.6. The van der Waals surface area contributed by atoms with Gasteiger partial charge in [-0.25, -0.2) is 9.98 Å². The van der Waals surface area contributed by atoms with E-state index in [0.717, 1.165) is 51.0 Å². The molecule has 4 nitrogen and oxygen atoms in total. The molecule has 58 heavy (non-hydrogen) atoms. The van der Waals surface area contributed by atoms with Gasteiger partial charge in [0.05, 0.1) is 17.6 Å². The number of amidine groups is 2. The van der Waals surface area contributed by atoms with E-state index < -0.39 is 0 Å². The van der Waals surface area contributed by atoms with Gasteiger partial charge in [0, 0.05) is 47.8 Å². The van der Waals surface area contributed by atoms with Crippen LogP contribution in [0.4, 0.5) is 0 Å². The number of allylic oxidation sites excluding steroid dienone is 5. The second-order valence-electron chi connectivity index (χ2n) is 14.1. The Hall–Kier alpha value is -7.21. The summed E-state index contributed by atoms with van der Waals surface area (Å²) >= 11 is 1.81. The number of thiophene rings is 1. The van der Waals surface area contributed by atoms with Crippen LogP contribution in [0.1, 0.15) is 27.8 Å². The first-order valence-corrected chi connectivity index (χ1v) is 20.2. The highest BCUT2D eigenvalue weighted by Crippen LogP contribution is 2.37. The fraction of sp³-hybridized carbons (Fsp3) is 0.0377. The summed E-state index contributed by atoms with van der Waals surface area (Å²) in [6.45, 7) is 8.38. The van der Waals surface area contributed by atoms with Crippen molar-refractivity contribution < 1.29 is 0 Å². The summed E-state index contributed by atoms with van der Waals surface area (Å²) in [7, 11) is 0. The van der Waals surface area contributed by atoms with Gasteiger partial charge in [-0.1, -0.05) is 158 Å². The SMILES string of the molecule is C=C/C=C\C(=C/Cc1ccccc1)c1cccc(C(N=C)=NC(=NCc2cccc3sc4ccccc4c23)c2ccc3c4ccccc4n(-c4ccccc4)c3c2)c1. The molecule has 0 radical (unpaired) electrons. The number of benzene rings is 7. The predicted molar refractivity (Wildman–Crippen MR) is 250 cm³/mol. The van der Waals surface area contributed by atoms with Crippen LogP contribution in [0.3, 0.4) is 0 Å². The van der Waals surface area contributed by atoms with Gasteiger partial charge in [0.1, 0.15) is 0 Å². The summed E-state index contributed by atoms with van der Waals surface area (Å²) in [4.78, 5) is 15.2. The second-order valence-corrected chi connectivity index (χ2v) is 15.2. The standard InChI is InChI=1S/C53H40N4S/c1-3-4-19-38(31-30-37-17-7-5-8-18-37)39-20-15-21-40(34-39)52(54-2)56-53(55-36-42-22-16-29-50-51(42)46-26-12-14-28-49(46)58-50)41-32-33-45-44-25-11-13-27-47(44)57(48(45)35-41)43-23-9-6-10-24-43/h3-29,31-35H,1-2,30,36H2/b19-4-,38-31+,55-53?,56-52?. The average Bonchev–Trinajstić information content (AvgIpc) is 3.83. The molecule has 7 aromatic carbocycles. The highest BCUT2D eigenvalue weighted by atomic mass is 32.1. The minimum absolute atomic E-state index is 0.444. The monoisotopic (exact) mass is 764 g/mol. The summed E-state index contributed by atoms with van der Waals surface area (Å²) < 4.78 is 4.84. The molecule has 5 heteroatoms.